The number of hydrogen-bond acceptors (Lipinski definition) is 2. The van der Waals surface area contributed by atoms with Gasteiger partial charge in [-0.3, -0.25) is 0 Å². The highest BCUT2D eigenvalue weighted by Gasteiger charge is 2.16. The molecule has 2 rings (SSSR count). The molecule has 0 bridgehead atoms. The lowest BCUT2D eigenvalue weighted by molar-refractivity contribution is 0.442. The van der Waals surface area contributed by atoms with E-state index in [1.54, 1.807) is 0 Å². The molecule has 0 aliphatic rings. The summed E-state index contributed by atoms with van der Waals surface area (Å²) < 4.78 is 0. The van der Waals surface area contributed by atoms with Gasteiger partial charge in [-0.15, -0.1) is 11.3 Å². The van der Waals surface area contributed by atoms with E-state index in [1.807, 2.05) is 11.3 Å². The van der Waals surface area contributed by atoms with Crippen LogP contribution < -0.4 is 5.32 Å². The highest BCUT2D eigenvalue weighted by molar-refractivity contribution is 7.10. The van der Waals surface area contributed by atoms with Crippen LogP contribution in [0.2, 0.25) is 0 Å². The summed E-state index contributed by atoms with van der Waals surface area (Å²) in [6.07, 6.45) is 2.38. The first kappa shape index (κ1) is 14.3. The maximum atomic E-state index is 3.79. The van der Waals surface area contributed by atoms with Crippen LogP contribution in [-0.4, -0.2) is 0 Å². The molecule has 2 unspecified atom stereocenters. The van der Waals surface area contributed by atoms with Crippen LogP contribution in [0.25, 0.3) is 0 Å². The van der Waals surface area contributed by atoms with Crippen LogP contribution in [0.15, 0.2) is 41.8 Å². The quantitative estimate of drug-likeness (QED) is 0.758. The van der Waals surface area contributed by atoms with Gasteiger partial charge in [-0.05, 0) is 42.8 Å². The Labute approximate surface area is 120 Å². The van der Waals surface area contributed by atoms with E-state index in [9.17, 15) is 0 Å². The predicted molar refractivity (Wildman–Crippen MR) is 84.7 cm³/mol. The fourth-order valence-electron chi connectivity index (χ4n) is 2.53. The van der Waals surface area contributed by atoms with E-state index in [2.05, 4.69) is 67.9 Å². The van der Waals surface area contributed by atoms with Gasteiger partial charge < -0.3 is 5.32 Å². The zero-order valence-corrected chi connectivity index (χ0v) is 12.8. The van der Waals surface area contributed by atoms with Gasteiger partial charge in [0.05, 0.1) is 0 Å². The molecule has 1 aromatic heterocycles. The molecule has 0 saturated heterocycles. The van der Waals surface area contributed by atoms with Gasteiger partial charge in [-0.2, -0.15) is 0 Å². The molecule has 0 saturated carbocycles. The van der Waals surface area contributed by atoms with Crippen molar-refractivity contribution >= 4 is 11.3 Å². The first-order valence-corrected chi connectivity index (χ1v) is 7.95. The Balaban J connectivity index is 2.11. The van der Waals surface area contributed by atoms with E-state index < -0.39 is 0 Å². The molecule has 102 valence electrons. The van der Waals surface area contributed by atoms with Crippen LogP contribution in [0.4, 0.5) is 0 Å². The van der Waals surface area contributed by atoms with Gasteiger partial charge in [-0.25, -0.2) is 0 Å². The van der Waals surface area contributed by atoms with Crippen molar-refractivity contribution in [2.75, 3.05) is 0 Å². The highest BCUT2D eigenvalue weighted by atomic mass is 32.1. The Morgan fingerprint density at radius 1 is 1.16 bits per heavy atom. The normalized spacial score (nSPS) is 14.3. The molecule has 0 amide bonds. The van der Waals surface area contributed by atoms with Crippen LogP contribution >= 0.6 is 11.3 Å². The summed E-state index contributed by atoms with van der Waals surface area (Å²) >= 11 is 1.85. The predicted octanol–water partition coefficient (Wildman–Crippen LogP) is 5.25. The van der Waals surface area contributed by atoms with Gasteiger partial charge in [0.1, 0.15) is 0 Å². The molecule has 1 aromatic carbocycles. The van der Waals surface area contributed by atoms with Crippen molar-refractivity contribution in [3.8, 4) is 0 Å². The SMILES string of the molecule is CCCC(NC(C)c1sccc1C)c1ccccc1. The molecule has 0 radical (unpaired) electrons. The van der Waals surface area contributed by atoms with Gasteiger partial charge in [0.15, 0.2) is 0 Å². The number of rotatable bonds is 6. The van der Waals surface area contributed by atoms with Crippen LogP contribution in [0, 0.1) is 6.92 Å². The van der Waals surface area contributed by atoms with Crippen molar-refractivity contribution in [2.24, 2.45) is 0 Å². The summed E-state index contributed by atoms with van der Waals surface area (Å²) in [7, 11) is 0. The molecule has 0 fully saturated rings. The molecule has 0 spiro atoms. The van der Waals surface area contributed by atoms with E-state index in [1.165, 1.54) is 28.8 Å². The summed E-state index contributed by atoms with van der Waals surface area (Å²) in [5, 5.41) is 5.97. The Morgan fingerprint density at radius 2 is 1.89 bits per heavy atom. The molecule has 2 heteroatoms. The number of thiophene rings is 1. The third kappa shape index (κ3) is 3.68. The van der Waals surface area contributed by atoms with Gasteiger partial charge in [0.25, 0.3) is 0 Å². The van der Waals surface area contributed by atoms with Crippen LogP contribution in [0.5, 0.6) is 0 Å². The first-order valence-electron chi connectivity index (χ1n) is 7.07. The Morgan fingerprint density at radius 3 is 2.47 bits per heavy atom. The fraction of sp³-hybridized carbons (Fsp3) is 0.412. The average molecular weight is 273 g/mol. The van der Waals surface area contributed by atoms with E-state index >= 15 is 0 Å². The van der Waals surface area contributed by atoms with E-state index in [0.29, 0.717) is 12.1 Å². The summed E-state index contributed by atoms with van der Waals surface area (Å²) in [4.78, 5) is 1.46. The second-order valence-corrected chi connectivity index (χ2v) is 6.06. The molecule has 19 heavy (non-hydrogen) atoms. The third-order valence-corrected chi connectivity index (χ3v) is 4.73. The van der Waals surface area contributed by atoms with Crippen molar-refractivity contribution in [1.29, 1.82) is 0 Å². The minimum absolute atomic E-state index is 0.414. The van der Waals surface area contributed by atoms with E-state index in [4.69, 9.17) is 0 Å². The zero-order valence-electron chi connectivity index (χ0n) is 12.0. The largest absolute Gasteiger partial charge is 0.303 e. The number of benzene rings is 1. The number of nitrogens with one attached hydrogen (secondary N) is 1. The number of hydrogen-bond donors (Lipinski definition) is 1. The maximum Gasteiger partial charge on any atom is 0.0393 e. The Hall–Kier alpha value is -1.12. The van der Waals surface area contributed by atoms with Crippen molar-refractivity contribution in [3.05, 3.63) is 57.8 Å². The highest BCUT2D eigenvalue weighted by Crippen LogP contribution is 2.28. The van der Waals surface area contributed by atoms with Crippen LogP contribution in [0.3, 0.4) is 0 Å². The summed E-state index contributed by atoms with van der Waals surface area (Å²) in [6, 6.07) is 13.8. The standard InChI is InChI=1S/C17H23NS/c1-4-8-16(15-9-6-5-7-10-15)18-14(3)17-13(2)11-12-19-17/h5-7,9-12,14,16,18H,4,8H2,1-3H3. The molecule has 0 aliphatic carbocycles. The smallest absolute Gasteiger partial charge is 0.0393 e. The maximum absolute atomic E-state index is 3.79. The summed E-state index contributed by atoms with van der Waals surface area (Å²) in [6.45, 7) is 6.71. The van der Waals surface area contributed by atoms with Gasteiger partial charge >= 0.3 is 0 Å². The minimum Gasteiger partial charge on any atom is -0.303 e. The molecular weight excluding hydrogens is 250 g/mol. The second kappa shape index (κ2) is 6.88. The Kier molecular flexibility index (Phi) is 5.17. The summed E-state index contributed by atoms with van der Waals surface area (Å²) in [5.74, 6) is 0. The number of aryl methyl sites for hydroxylation is 1. The topological polar surface area (TPSA) is 12.0 Å². The fourth-order valence-corrected chi connectivity index (χ4v) is 3.47. The Bertz CT molecular complexity index is 489. The monoisotopic (exact) mass is 273 g/mol. The molecule has 1 nitrogen and oxygen atoms in total. The van der Waals surface area contributed by atoms with Gasteiger partial charge in [-0.1, -0.05) is 43.7 Å². The van der Waals surface area contributed by atoms with Crippen LogP contribution in [-0.2, 0) is 0 Å². The average Bonchev–Trinajstić information content (AvgIpc) is 2.85. The van der Waals surface area contributed by atoms with Gasteiger partial charge in [0, 0.05) is 17.0 Å². The minimum atomic E-state index is 0.414. The van der Waals surface area contributed by atoms with Crippen molar-refractivity contribution < 1.29 is 0 Å². The van der Waals surface area contributed by atoms with Crippen molar-refractivity contribution in [2.45, 2.75) is 45.7 Å². The van der Waals surface area contributed by atoms with E-state index in [0.717, 1.165) is 0 Å². The third-order valence-electron chi connectivity index (χ3n) is 3.53. The molecule has 2 aromatic rings. The van der Waals surface area contributed by atoms with Gasteiger partial charge in [0.2, 0.25) is 0 Å². The lowest BCUT2D eigenvalue weighted by atomic mass is 10.0. The van der Waals surface area contributed by atoms with E-state index in [-0.39, 0.29) is 0 Å². The molecule has 0 aliphatic heterocycles. The van der Waals surface area contributed by atoms with Crippen molar-refractivity contribution in [1.82, 2.24) is 5.32 Å². The zero-order chi connectivity index (χ0) is 13.7. The lowest BCUT2D eigenvalue weighted by Gasteiger charge is -2.23. The first-order chi connectivity index (χ1) is 9.22. The second-order valence-electron chi connectivity index (χ2n) is 5.11. The van der Waals surface area contributed by atoms with Crippen LogP contribution in [0.1, 0.15) is 54.8 Å². The molecular formula is C17H23NS. The summed E-state index contributed by atoms with van der Waals surface area (Å²) in [5.41, 5.74) is 2.79. The molecule has 2 atom stereocenters. The van der Waals surface area contributed by atoms with Crippen molar-refractivity contribution in [3.63, 3.8) is 0 Å². The molecule has 1 N–H and O–H groups in total. The lowest BCUT2D eigenvalue weighted by Crippen LogP contribution is -2.24. The molecule has 1 heterocycles.